The number of ether oxygens (including phenoxy) is 1. The molecule has 0 unspecified atom stereocenters. The van der Waals surface area contributed by atoms with E-state index in [2.05, 4.69) is 278 Å². The number of fused-ring (bicyclic) bond motifs is 20. The van der Waals surface area contributed by atoms with Crippen LogP contribution in [0.15, 0.2) is 283 Å². The maximum absolute atomic E-state index is 6.76. The summed E-state index contributed by atoms with van der Waals surface area (Å²) in [5, 5.41) is 2.45. The molecule has 0 radical (unpaired) electrons. The Bertz CT molecular complexity index is 4220. The third kappa shape index (κ3) is 5.93. The Morgan fingerprint density at radius 3 is 1.39 bits per heavy atom. The molecule has 2 aliphatic carbocycles. The zero-order chi connectivity index (χ0) is 49.2. The number of benzene rings is 12. The summed E-state index contributed by atoms with van der Waals surface area (Å²) in [4.78, 5) is 5.09. The molecule has 12 aromatic carbocycles. The summed E-state index contributed by atoms with van der Waals surface area (Å²) in [6.07, 6.45) is 0. The Balaban J connectivity index is 0.926. The van der Waals surface area contributed by atoms with E-state index in [1.165, 1.54) is 98.5 Å². The SMILES string of the molecule is c1ccc(-c2ccc(-c3ccc(N(c4ccc5c(c4)C4(c6ccccc6Oc6ccccc64)c4ccccc4-5)c4ccc5ccc6c(c5c4)-c4ccccc4C64c5ccccc5Sc5ccccc54)cc3)cc2)cc1. The van der Waals surface area contributed by atoms with Crippen LogP contribution in [0, 0.1) is 0 Å². The molecular weight excluding hydrogens is 927 g/mol. The number of hydrogen-bond donors (Lipinski definition) is 0. The molecule has 2 heterocycles. The molecule has 2 aliphatic heterocycles. The van der Waals surface area contributed by atoms with Crippen molar-refractivity contribution in [3.63, 3.8) is 0 Å². The van der Waals surface area contributed by atoms with Gasteiger partial charge in [-0.2, -0.15) is 0 Å². The van der Waals surface area contributed by atoms with Crippen molar-refractivity contribution in [2.75, 3.05) is 4.90 Å². The lowest BCUT2D eigenvalue weighted by Gasteiger charge is -2.39. The molecule has 75 heavy (non-hydrogen) atoms. The van der Waals surface area contributed by atoms with Crippen LogP contribution in [0.2, 0.25) is 0 Å². The molecule has 4 aliphatic rings. The van der Waals surface area contributed by atoms with Gasteiger partial charge in [-0.1, -0.05) is 224 Å². The molecule has 0 amide bonds. The van der Waals surface area contributed by atoms with Gasteiger partial charge in [0, 0.05) is 38.0 Å². The molecule has 12 aromatic rings. The standard InChI is InChI=1S/C72H45NOS/c1-2-16-46(17-3-1)47-30-32-48(33-31-47)49-34-38-51(39-35-49)73(53-41-42-55-54-18-4-6-20-58(54)71(65(55)45-53)60-22-8-12-26-66(60)74-67-27-13-9-23-61(67)71)52-40-36-50-37-43-64-70(57(50)44-52)56-19-5-7-21-59(56)72(64)62-24-10-14-28-68(62)75-69-29-15-11-25-63(69)72/h1-45H. The Hall–Kier alpha value is -9.15. The van der Waals surface area contributed by atoms with Crippen molar-refractivity contribution < 1.29 is 4.74 Å². The highest BCUT2D eigenvalue weighted by molar-refractivity contribution is 7.99. The van der Waals surface area contributed by atoms with Crippen LogP contribution in [-0.2, 0) is 10.8 Å². The van der Waals surface area contributed by atoms with Crippen LogP contribution in [0.25, 0.3) is 55.3 Å². The van der Waals surface area contributed by atoms with E-state index < -0.39 is 10.8 Å². The first-order chi connectivity index (χ1) is 37.2. The van der Waals surface area contributed by atoms with Gasteiger partial charge in [0.15, 0.2) is 0 Å². The van der Waals surface area contributed by atoms with E-state index in [1.807, 2.05) is 11.8 Å². The second-order valence-electron chi connectivity index (χ2n) is 20.2. The molecule has 0 fully saturated rings. The fraction of sp³-hybridized carbons (Fsp3) is 0.0278. The molecule has 16 rings (SSSR count). The van der Waals surface area contributed by atoms with Gasteiger partial charge in [0.05, 0.1) is 10.8 Å². The smallest absolute Gasteiger partial charge is 0.132 e. The van der Waals surface area contributed by atoms with Gasteiger partial charge in [-0.15, -0.1) is 0 Å². The van der Waals surface area contributed by atoms with Crippen LogP contribution in [0.4, 0.5) is 17.1 Å². The van der Waals surface area contributed by atoms with Gasteiger partial charge in [0.2, 0.25) is 0 Å². The summed E-state index contributed by atoms with van der Waals surface area (Å²) in [7, 11) is 0. The van der Waals surface area contributed by atoms with Gasteiger partial charge in [0.1, 0.15) is 11.5 Å². The normalized spacial score (nSPS) is 14.1. The topological polar surface area (TPSA) is 12.5 Å². The maximum Gasteiger partial charge on any atom is 0.132 e. The second kappa shape index (κ2) is 16.2. The molecule has 0 saturated carbocycles. The number of rotatable bonds is 5. The highest BCUT2D eigenvalue weighted by Gasteiger charge is 2.52. The minimum atomic E-state index is -0.609. The van der Waals surface area contributed by atoms with Gasteiger partial charge < -0.3 is 9.64 Å². The van der Waals surface area contributed by atoms with Crippen LogP contribution in [0.1, 0.15) is 44.5 Å². The van der Waals surface area contributed by atoms with Gasteiger partial charge >= 0.3 is 0 Å². The fourth-order valence-corrected chi connectivity index (χ4v) is 14.7. The van der Waals surface area contributed by atoms with Gasteiger partial charge in [-0.25, -0.2) is 0 Å². The van der Waals surface area contributed by atoms with Crippen molar-refractivity contribution in [1.82, 2.24) is 0 Å². The monoisotopic (exact) mass is 971 g/mol. The summed E-state index contributed by atoms with van der Waals surface area (Å²) >= 11 is 1.89. The zero-order valence-corrected chi connectivity index (χ0v) is 41.6. The van der Waals surface area contributed by atoms with Gasteiger partial charge in [-0.3, -0.25) is 0 Å². The molecule has 0 N–H and O–H groups in total. The van der Waals surface area contributed by atoms with E-state index in [4.69, 9.17) is 4.74 Å². The molecule has 350 valence electrons. The molecule has 0 bridgehead atoms. The van der Waals surface area contributed by atoms with E-state index in [1.54, 1.807) is 0 Å². The lowest BCUT2D eigenvalue weighted by Crippen LogP contribution is -2.32. The van der Waals surface area contributed by atoms with Crippen molar-refractivity contribution >= 4 is 39.6 Å². The summed E-state index contributed by atoms with van der Waals surface area (Å²) in [5.41, 5.74) is 22.2. The number of nitrogens with zero attached hydrogens (tertiary/aromatic N) is 1. The quantitative estimate of drug-likeness (QED) is 0.171. The van der Waals surface area contributed by atoms with E-state index in [0.29, 0.717) is 0 Å². The number of para-hydroxylation sites is 2. The third-order valence-corrected chi connectivity index (χ3v) is 17.8. The van der Waals surface area contributed by atoms with Crippen LogP contribution < -0.4 is 9.64 Å². The van der Waals surface area contributed by atoms with Crippen molar-refractivity contribution in [2.24, 2.45) is 0 Å². The zero-order valence-electron chi connectivity index (χ0n) is 40.7. The number of anilines is 3. The predicted octanol–water partition coefficient (Wildman–Crippen LogP) is 18.9. The van der Waals surface area contributed by atoms with Crippen LogP contribution in [0.3, 0.4) is 0 Å². The summed E-state index contributed by atoms with van der Waals surface area (Å²) in [6.45, 7) is 0. The first-order valence-electron chi connectivity index (χ1n) is 25.9. The minimum Gasteiger partial charge on any atom is -0.457 e. The lowest BCUT2D eigenvalue weighted by molar-refractivity contribution is 0.436. The Morgan fingerprint density at radius 1 is 0.293 bits per heavy atom. The second-order valence-corrected chi connectivity index (χ2v) is 21.3. The Labute approximate surface area is 440 Å². The highest BCUT2D eigenvalue weighted by Crippen LogP contribution is 2.65. The van der Waals surface area contributed by atoms with Crippen LogP contribution in [-0.4, -0.2) is 0 Å². The average Bonchev–Trinajstić information content (AvgIpc) is 3.98. The largest absolute Gasteiger partial charge is 0.457 e. The van der Waals surface area contributed by atoms with Crippen LogP contribution >= 0.6 is 11.8 Å². The van der Waals surface area contributed by atoms with Crippen molar-refractivity contribution in [3.05, 3.63) is 317 Å². The molecule has 0 atom stereocenters. The first kappa shape index (κ1) is 42.4. The van der Waals surface area contributed by atoms with Gasteiger partial charge in [0.25, 0.3) is 0 Å². The van der Waals surface area contributed by atoms with Gasteiger partial charge in [-0.05, 0) is 149 Å². The van der Waals surface area contributed by atoms with Crippen molar-refractivity contribution in [3.8, 4) is 56.0 Å². The van der Waals surface area contributed by atoms with Crippen molar-refractivity contribution in [2.45, 2.75) is 20.6 Å². The molecule has 0 aromatic heterocycles. The lowest BCUT2D eigenvalue weighted by atomic mass is 9.66. The van der Waals surface area contributed by atoms with E-state index >= 15 is 0 Å². The molecule has 0 saturated heterocycles. The average molecular weight is 972 g/mol. The molecule has 2 nitrogen and oxygen atoms in total. The molecule has 3 heteroatoms. The maximum atomic E-state index is 6.76. The van der Waals surface area contributed by atoms with Crippen molar-refractivity contribution in [1.29, 1.82) is 0 Å². The van der Waals surface area contributed by atoms with E-state index in [9.17, 15) is 0 Å². The first-order valence-corrected chi connectivity index (χ1v) is 26.7. The summed E-state index contributed by atoms with van der Waals surface area (Å²) < 4.78 is 6.76. The predicted molar refractivity (Wildman–Crippen MR) is 308 cm³/mol. The Kier molecular flexibility index (Phi) is 9.14. The highest BCUT2D eigenvalue weighted by atomic mass is 32.2. The third-order valence-electron chi connectivity index (χ3n) is 16.6. The Morgan fingerprint density at radius 2 is 0.733 bits per heavy atom. The molecular formula is C72H45NOS. The fourth-order valence-electron chi connectivity index (χ4n) is 13.5. The summed E-state index contributed by atoms with van der Waals surface area (Å²) in [6, 6.07) is 101. The minimum absolute atomic E-state index is 0.469. The van der Waals surface area contributed by atoms with E-state index in [-0.39, 0.29) is 0 Å². The molecule has 2 spiro atoms. The summed E-state index contributed by atoms with van der Waals surface area (Å²) in [5.74, 6) is 1.77. The van der Waals surface area contributed by atoms with Crippen LogP contribution in [0.5, 0.6) is 11.5 Å². The number of hydrogen-bond acceptors (Lipinski definition) is 3. The van der Waals surface area contributed by atoms with E-state index in [0.717, 1.165) is 39.7 Å².